The summed E-state index contributed by atoms with van der Waals surface area (Å²) in [5.74, 6) is -2.83. The van der Waals surface area contributed by atoms with Crippen molar-refractivity contribution in [3.05, 3.63) is 65.1 Å². The molecule has 30 heavy (non-hydrogen) atoms. The van der Waals surface area contributed by atoms with Crippen molar-refractivity contribution < 1.29 is 29.0 Å². The molecule has 0 atom stereocenters. The van der Waals surface area contributed by atoms with Gasteiger partial charge in [-0.2, -0.15) is 0 Å². The molecule has 0 aliphatic heterocycles. The average Bonchev–Trinajstić information content (AvgIpc) is 2.92. The number of amides is 1. The van der Waals surface area contributed by atoms with Crippen LogP contribution in [0.15, 0.2) is 42.5 Å². The molecule has 0 saturated carbocycles. The molecule has 0 aliphatic carbocycles. The number of carbonyl (C=O) groups excluding carboxylic acids is 2. The fraction of sp³-hybridized carbons (Fsp3) is 0.227. The van der Waals surface area contributed by atoms with E-state index in [0.717, 1.165) is 6.07 Å². The molecule has 3 rings (SSSR count). The lowest BCUT2D eigenvalue weighted by Gasteiger charge is -2.21. The lowest BCUT2D eigenvalue weighted by atomic mass is 10.0. The maximum absolute atomic E-state index is 13.6. The summed E-state index contributed by atoms with van der Waals surface area (Å²) >= 11 is 0. The molecule has 1 heterocycles. The molecule has 3 N–H and O–H groups in total. The van der Waals surface area contributed by atoms with E-state index in [1.165, 1.54) is 54.8 Å². The van der Waals surface area contributed by atoms with Crippen molar-refractivity contribution in [2.24, 2.45) is 0 Å². The summed E-state index contributed by atoms with van der Waals surface area (Å²) in [6, 6.07) is 9.65. The van der Waals surface area contributed by atoms with Gasteiger partial charge in [0.25, 0.3) is 5.91 Å². The molecule has 1 amide bonds. The number of fused-ring (bicyclic) bond motifs is 1. The number of carboxylic acid groups (broad SMARTS) is 1. The minimum Gasteiger partial charge on any atom is -0.508 e. The second kappa shape index (κ2) is 7.62. The Morgan fingerprint density at radius 3 is 2.47 bits per heavy atom. The van der Waals surface area contributed by atoms with Crippen molar-refractivity contribution in [1.29, 1.82) is 0 Å². The minimum absolute atomic E-state index is 0.0506. The Morgan fingerprint density at radius 2 is 1.83 bits per heavy atom. The highest BCUT2D eigenvalue weighted by Crippen LogP contribution is 2.30. The smallest absolute Gasteiger partial charge is 0.328 e. The number of phenolic OH excluding ortho intramolecular Hbond substituents is 1. The third-order valence-electron chi connectivity index (χ3n) is 4.92. The summed E-state index contributed by atoms with van der Waals surface area (Å²) in [5, 5.41) is 22.1. The normalized spacial score (nSPS) is 11.5. The number of hydrogen-bond donors (Lipinski definition) is 3. The Kier molecular flexibility index (Phi) is 5.35. The van der Waals surface area contributed by atoms with Crippen LogP contribution in [0.2, 0.25) is 0 Å². The summed E-state index contributed by atoms with van der Waals surface area (Å²) in [4.78, 5) is 36.9. The SMILES string of the molecule is Cc1c(CC(=O)NC(C)(C)C(=O)O)c2cc(O)ccc2n1C(=O)c1cccc(F)c1. The van der Waals surface area contributed by atoms with Crippen molar-refractivity contribution in [2.45, 2.75) is 32.7 Å². The summed E-state index contributed by atoms with van der Waals surface area (Å²) in [6.07, 6.45) is -0.202. The highest BCUT2D eigenvalue weighted by Gasteiger charge is 2.30. The van der Waals surface area contributed by atoms with Crippen LogP contribution in [0, 0.1) is 12.7 Å². The third kappa shape index (κ3) is 3.89. The minimum atomic E-state index is -1.47. The Bertz CT molecular complexity index is 1180. The predicted octanol–water partition coefficient (Wildman–Crippen LogP) is 3.00. The number of aliphatic carboxylic acids is 1. The standard InChI is InChI=1S/C22H21FN2O5/c1-12-16(11-19(27)24-22(2,3)21(29)30)17-10-15(26)7-8-18(17)25(12)20(28)13-5-4-6-14(23)9-13/h4-10,26H,11H2,1-3H3,(H,24,27)(H,29,30). The van der Waals surface area contributed by atoms with Crippen molar-refractivity contribution in [3.63, 3.8) is 0 Å². The van der Waals surface area contributed by atoms with E-state index >= 15 is 0 Å². The van der Waals surface area contributed by atoms with E-state index in [-0.39, 0.29) is 17.7 Å². The number of aromatic hydroxyl groups is 1. The fourth-order valence-electron chi connectivity index (χ4n) is 3.31. The van der Waals surface area contributed by atoms with Gasteiger partial charge >= 0.3 is 5.97 Å². The van der Waals surface area contributed by atoms with Gasteiger partial charge in [0.15, 0.2) is 0 Å². The Balaban J connectivity index is 2.09. The molecule has 3 aromatic rings. The first-order chi connectivity index (χ1) is 14.0. The number of carboxylic acids is 1. The molecule has 7 nitrogen and oxygen atoms in total. The van der Waals surface area contributed by atoms with Crippen LogP contribution in [-0.2, 0) is 16.0 Å². The quantitative estimate of drug-likeness (QED) is 0.597. The number of phenols is 1. The summed E-state index contributed by atoms with van der Waals surface area (Å²) in [6.45, 7) is 4.37. The van der Waals surface area contributed by atoms with E-state index in [4.69, 9.17) is 0 Å². The van der Waals surface area contributed by atoms with Crippen molar-refractivity contribution in [3.8, 4) is 5.75 Å². The van der Waals surface area contributed by atoms with Gasteiger partial charge in [-0.1, -0.05) is 6.07 Å². The van der Waals surface area contributed by atoms with Crippen LogP contribution in [0.3, 0.4) is 0 Å². The molecule has 8 heteroatoms. The lowest BCUT2D eigenvalue weighted by molar-refractivity contribution is -0.145. The second-order valence-corrected chi connectivity index (χ2v) is 7.57. The van der Waals surface area contributed by atoms with E-state index in [9.17, 15) is 29.0 Å². The van der Waals surface area contributed by atoms with Gasteiger partial charge in [0.1, 0.15) is 17.1 Å². The van der Waals surface area contributed by atoms with Crippen LogP contribution >= 0.6 is 0 Å². The largest absolute Gasteiger partial charge is 0.508 e. The summed E-state index contributed by atoms with van der Waals surface area (Å²) in [7, 11) is 0. The maximum atomic E-state index is 13.6. The summed E-state index contributed by atoms with van der Waals surface area (Å²) < 4.78 is 15.0. The molecular weight excluding hydrogens is 391 g/mol. The Morgan fingerprint density at radius 1 is 1.13 bits per heavy atom. The van der Waals surface area contributed by atoms with Crippen molar-refractivity contribution in [1.82, 2.24) is 9.88 Å². The topological polar surface area (TPSA) is 109 Å². The number of halogens is 1. The first kappa shape index (κ1) is 21.0. The molecule has 156 valence electrons. The van der Waals surface area contributed by atoms with Gasteiger partial charge in [-0.05, 0) is 62.7 Å². The van der Waals surface area contributed by atoms with Crippen LogP contribution in [0.25, 0.3) is 10.9 Å². The fourth-order valence-corrected chi connectivity index (χ4v) is 3.31. The number of hydrogen-bond acceptors (Lipinski definition) is 4. The number of nitrogens with zero attached hydrogens (tertiary/aromatic N) is 1. The van der Waals surface area contributed by atoms with Crippen LogP contribution in [0.1, 0.15) is 35.5 Å². The van der Waals surface area contributed by atoms with Gasteiger partial charge in [0.05, 0.1) is 11.9 Å². The number of rotatable bonds is 5. The first-order valence-corrected chi connectivity index (χ1v) is 9.19. The molecule has 0 unspecified atom stereocenters. The number of benzene rings is 2. The molecule has 0 aliphatic rings. The van der Waals surface area contributed by atoms with Crippen molar-refractivity contribution in [2.75, 3.05) is 0 Å². The third-order valence-corrected chi connectivity index (χ3v) is 4.92. The Hall–Kier alpha value is -3.68. The first-order valence-electron chi connectivity index (χ1n) is 9.19. The molecule has 0 bridgehead atoms. The van der Waals surface area contributed by atoms with Gasteiger partial charge in [-0.3, -0.25) is 14.2 Å². The zero-order valence-corrected chi connectivity index (χ0v) is 16.7. The number of carbonyl (C=O) groups is 3. The van der Waals surface area contributed by atoms with Crippen LogP contribution < -0.4 is 5.32 Å². The average molecular weight is 412 g/mol. The number of aromatic nitrogens is 1. The zero-order valence-electron chi connectivity index (χ0n) is 16.7. The van der Waals surface area contributed by atoms with Gasteiger partial charge in [0.2, 0.25) is 5.91 Å². The molecule has 0 radical (unpaired) electrons. The molecule has 1 aromatic heterocycles. The van der Waals surface area contributed by atoms with Crippen molar-refractivity contribution >= 4 is 28.7 Å². The monoisotopic (exact) mass is 412 g/mol. The molecule has 2 aromatic carbocycles. The predicted molar refractivity (Wildman–Crippen MR) is 108 cm³/mol. The molecule has 0 fully saturated rings. The van der Waals surface area contributed by atoms with E-state index in [1.54, 1.807) is 6.92 Å². The molecular formula is C22H21FN2O5. The van der Waals surface area contributed by atoms with Crippen LogP contribution in [-0.4, -0.2) is 38.1 Å². The highest BCUT2D eigenvalue weighted by molar-refractivity contribution is 6.05. The zero-order chi connectivity index (χ0) is 22.2. The van der Waals surface area contributed by atoms with E-state index < -0.39 is 29.1 Å². The maximum Gasteiger partial charge on any atom is 0.328 e. The molecule has 0 spiro atoms. The van der Waals surface area contributed by atoms with E-state index in [2.05, 4.69) is 5.32 Å². The number of nitrogens with one attached hydrogen (secondary N) is 1. The van der Waals surface area contributed by atoms with Gasteiger partial charge in [0, 0.05) is 16.6 Å². The lowest BCUT2D eigenvalue weighted by Crippen LogP contribution is -2.50. The highest BCUT2D eigenvalue weighted by atomic mass is 19.1. The van der Waals surface area contributed by atoms with E-state index in [1.807, 2.05) is 0 Å². The van der Waals surface area contributed by atoms with E-state index in [0.29, 0.717) is 22.2 Å². The van der Waals surface area contributed by atoms with Crippen LogP contribution in [0.5, 0.6) is 5.75 Å². The van der Waals surface area contributed by atoms with Crippen LogP contribution in [0.4, 0.5) is 4.39 Å². The second-order valence-electron chi connectivity index (χ2n) is 7.57. The summed E-state index contributed by atoms with van der Waals surface area (Å²) in [5.41, 5.74) is 0.00603. The van der Waals surface area contributed by atoms with Gasteiger partial charge in [-0.15, -0.1) is 0 Å². The molecule has 0 saturated heterocycles. The van der Waals surface area contributed by atoms with Gasteiger partial charge < -0.3 is 15.5 Å². The Labute approximate surface area is 171 Å². The van der Waals surface area contributed by atoms with Gasteiger partial charge in [-0.25, -0.2) is 9.18 Å².